The first kappa shape index (κ1) is 24.4. The normalized spacial score (nSPS) is 14.8. The number of hydrogen-bond acceptors (Lipinski definition) is 7. The van der Waals surface area contributed by atoms with Crippen molar-refractivity contribution in [2.45, 2.75) is 12.5 Å². The molecule has 1 atom stereocenters. The van der Waals surface area contributed by atoms with Crippen LogP contribution in [0, 0.1) is 0 Å². The predicted octanol–water partition coefficient (Wildman–Crippen LogP) is 4.15. The Morgan fingerprint density at radius 1 is 1.03 bits per heavy atom. The molecule has 9 nitrogen and oxygen atoms in total. The second-order valence-electron chi connectivity index (χ2n) is 9.83. The summed E-state index contributed by atoms with van der Waals surface area (Å²) >= 11 is 0. The summed E-state index contributed by atoms with van der Waals surface area (Å²) in [5.74, 6) is -0.186. The smallest absolute Gasteiger partial charge is 0.297 e. The quantitative estimate of drug-likeness (QED) is 0.379. The summed E-state index contributed by atoms with van der Waals surface area (Å²) in [6, 6.07) is 22.6. The molecule has 196 valence electrons. The molecule has 0 unspecified atom stereocenters. The standard InChI is InChI=1S/C30H27N5O4/c1-33(2)28(37)20-14-13-18-15-16-35(25(21(18)17-20)19-9-5-4-6-10-19)30-32-24(26(36)29(38)34(30)3)27-31-22-11-7-8-12-23(22)39-27/h4-14,17,25,36H,15-16H2,1-3H3/t25-/m1/s1. The highest BCUT2D eigenvalue weighted by Crippen LogP contribution is 2.39. The number of oxazole rings is 1. The van der Waals surface area contributed by atoms with E-state index < -0.39 is 11.3 Å². The van der Waals surface area contributed by atoms with Crippen LogP contribution in [0.3, 0.4) is 0 Å². The summed E-state index contributed by atoms with van der Waals surface area (Å²) < 4.78 is 7.21. The van der Waals surface area contributed by atoms with Crippen molar-refractivity contribution in [1.29, 1.82) is 0 Å². The lowest BCUT2D eigenvalue weighted by atomic mass is 9.87. The van der Waals surface area contributed by atoms with Gasteiger partial charge in [-0.1, -0.05) is 48.5 Å². The number of carbonyl (C=O) groups excluding carboxylic acids is 1. The summed E-state index contributed by atoms with van der Waals surface area (Å²) in [6.07, 6.45) is 0.685. The van der Waals surface area contributed by atoms with Crippen LogP contribution >= 0.6 is 0 Å². The van der Waals surface area contributed by atoms with Crippen molar-refractivity contribution in [1.82, 2.24) is 19.4 Å². The van der Waals surface area contributed by atoms with Crippen LogP contribution in [0.2, 0.25) is 0 Å². The molecule has 1 aliphatic rings. The number of aromatic hydroxyl groups is 1. The molecule has 6 rings (SSSR count). The summed E-state index contributed by atoms with van der Waals surface area (Å²) in [6.45, 7) is 0.561. The van der Waals surface area contributed by atoms with Gasteiger partial charge in [0.2, 0.25) is 11.7 Å². The van der Waals surface area contributed by atoms with Crippen LogP contribution in [0.5, 0.6) is 5.75 Å². The Balaban J connectivity index is 1.54. The Morgan fingerprint density at radius 3 is 2.51 bits per heavy atom. The molecule has 0 aliphatic carbocycles. The van der Waals surface area contributed by atoms with Crippen molar-refractivity contribution in [3.63, 3.8) is 0 Å². The van der Waals surface area contributed by atoms with Crippen LogP contribution in [-0.4, -0.2) is 51.1 Å². The van der Waals surface area contributed by atoms with E-state index in [1.54, 1.807) is 38.2 Å². The molecular formula is C30H27N5O4. The maximum absolute atomic E-state index is 13.3. The Bertz CT molecular complexity index is 1740. The zero-order valence-corrected chi connectivity index (χ0v) is 21.8. The molecule has 0 radical (unpaired) electrons. The zero-order chi connectivity index (χ0) is 27.3. The topological polar surface area (TPSA) is 105 Å². The maximum Gasteiger partial charge on any atom is 0.297 e. The van der Waals surface area contributed by atoms with Gasteiger partial charge in [-0.05, 0) is 47.4 Å². The lowest BCUT2D eigenvalue weighted by Crippen LogP contribution is -2.40. The summed E-state index contributed by atoms with van der Waals surface area (Å²) in [5.41, 5.74) is 4.17. The molecule has 0 fully saturated rings. The summed E-state index contributed by atoms with van der Waals surface area (Å²) in [4.78, 5) is 38.9. The summed E-state index contributed by atoms with van der Waals surface area (Å²) in [5, 5.41) is 10.8. The van der Waals surface area contributed by atoms with Gasteiger partial charge in [-0.2, -0.15) is 0 Å². The Hall–Kier alpha value is -4.92. The van der Waals surface area contributed by atoms with E-state index in [2.05, 4.69) is 4.98 Å². The molecule has 9 heteroatoms. The number of benzene rings is 3. The van der Waals surface area contributed by atoms with Gasteiger partial charge >= 0.3 is 0 Å². The van der Waals surface area contributed by atoms with E-state index in [-0.39, 0.29) is 23.5 Å². The first-order chi connectivity index (χ1) is 18.8. The molecule has 0 spiro atoms. The monoisotopic (exact) mass is 521 g/mol. The van der Waals surface area contributed by atoms with Gasteiger partial charge in [0.1, 0.15) is 5.52 Å². The van der Waals surface area contributed by atoms with E-state index in [0.29, 0.717) is 35.6 Å². The van der Waals surface area contributed by atoms with E-state index in [9.17, 15) is 14.7 Å². The van der Waals surface area contributed by atoms with Crippen molar-refractivity contribution in [2.24, 2.45) is 7.05 Å². The number of hydrogen-bond donors (Lipinski definition) is 1. The number of amides is 1. The van der Waals surface area contributed by atoms with E-state index in [1.165, 1.54) is 4.57 Å². The molecule has 0 saturated carbocycles. The number of carbonyl (C=O) groups is 1. The molecule has 1 amide bonds. The predicted molar refractivity (Wildman–Crippen MR) is 148 cm³/mol. The van der Waals surface area contributed by atoms with Crippen molar-refractivity contribution >= 4 is 23.0 Å². The van der Waals surface area contributed by atoms with E-state index in [0.717, 1.165) is 16.7 Å². The van der Waals surface area contributed by atoms with Gasteiger partial charge in [-0.25, -0.2) is 9.97 Å². The van der Waals surface area contributed by atoms with Crippen LogP contribution in [0.15, 0.2) is 82.0 Å². The second-order valence-corrected chi connectivity index (χ2v) is 9.83. The van der Waals surface area contributed by atoms with Gasteiger partial charge < -0.3 is 19.3 Å². The fourth-order valence-corrected chi connectivity index (χ4v) is 5.17. The van der Waals surface area contributed by atoms with Crippen LogP contribution in [0.1, 0.15) is 33.1 Å². The highest BCUT2D eigenvalue weighted by atomic mass is 16.4. The molecule has 3 aromatic carbocycles. The first-order valence-corrected chi connectivity index (χ1v) is 12.7. The molecular weight excluding hydrogens is 494 g/mol. The third kappa shape index (κ3) is 4.12. The first-order valence-electron chi connectivity index (χ1n) is 12.7. The minimum Gasteiger partial charge on any atom is -0.501 e. The minimum atomic E-state index is -0.605. The van der Waals surface area contributed by atoms with Crippen LogP contribution in [0.25, 0.3) is 22.7 Å². The number of anilines is 1. The van der Waals surface area contributed by atoms with Crippen molar-refractivity contribution < 1.29 is 14.3 Å². The summed E-state index contributed by atoms with van der Waals surface area (Å²) in [7, 11) is 5.04. The van der Waals surface area contributed by atoms with Crippen LogP contribution in [-0.2, 0) is 13.5 Å². The van der Waals surface area contributed by atoms with Crippen LogP contribution in [0.4, 0.5) is 5.95 Å². The van der Waals surface area contributed by atoms with Gasteiger partial charge in [-0.3, -0.25) is 14.2 Å². The molecule has 1 N–H and O–H groups in total. The second kappa shape index (κ2) is 9.43. The number of rotatable bonds is 4. The van der Waals surface area contributed by atoms with Crippen LogP contribution < -0.4 is 10.5 Å². The average molecular weight is 522 g/mol. The van der Waals surface area contributed by atoms with Gasteiger partial charge in [0.15, 0.2) is 11.3 Å². The fraction of sp³-hybridized carbons (Fsp3) is 0.200. The van der Waals surface area contributed by atoms with Gasteiger partial charge in [0, 0.05) is 33.3 Å². The molecule has 0 saturated heterocycles. The molecule has 2 aromatic heterocycles. The number of aromatic nitrogens is 3. The molecule has 0 bridgehead atoms. The average Bonchev–Trinajstić information content (AvgIpc) is 3.39. The highest BCUT2D eigenvalue weighted by molar-refractivity contribution is 5.94. The molecule has 1 aliphatic heterocycles. The molecule has 5 aromatic rings. The van der Waals surface area contributed by atoms with Crippen molar-refractivity contribution in [3.05, 3.63) is 105 Å². The van der Waals surface area contributed by atoms with Crippen molar-refractivity contribution in [2.75, 3.05) is 25.5 Å². The zero-order valence-electron chi connectivity index (χ0n) is 21.8. The lowest BCUT2D eigenvalue weighted by molar-refractivity contribution is 0.0827. The molecule has 39 heavy (non-hydrogen) atoms. The fourth-order valence-electron chi connectivity index (χ4n) is 5.17. The molecule has 3 heterocycles. The third-order valence-electron chi connectivity index (χ3n) is 7.14. The van der Waals surface area contributed by atoms with E-state index in [4.69, 9.17) is 9.40 Å². The van der Waals surface area contributed by atoms with Crippen molar-refractivity contribution in [3.8, 4) is 17.3 Å². The van der Waals surface area contributed by atoms with Gasteiger partial charge in [-0.15, -0.1) is 0 Å². The third-order valence-corrected chi connectivity index (χ3v) is 7.14. The Morgan fingerprint density at radius 2 is 1.77 bits per heavy atom. The minimum absolute atomic E-state index is 0.0153. The SMILES string of the molecule is CN(C)C(=O)c1ccc2c(c1)[C@@H](c1ccccc1)N(c1nc(-c3nc4ccccc4o3)c(O)c(=O)n1C)CC2. The largest absolute Gasteiger partial charge is 0.501 e. The lowest BCUT2D eigenvalue weighted by Gasteiger charge is -2.39. The maximum atomic E-state index is 13.3. The highest BCUT2D eigenvalue weighted by Gasteiger charge is 2.33. The number of fused-ring (bicyclic) bond motifs is 2. The number of para-hydroxylation sites is 2. The number of nitrogens with zero attached hydrogens (tertiary/aromatic N) is 5. The van der Waals surface area contributed by atoms with Gasteiger partial charge in [0.25, 0.3) is 17.4 Å². The Labute approximate surface area is 224 Å². The van der Waals surface area contributed by atoms with Gasteiger partial charge in [0.05, 0.1) is 6.04 Å². The van der Waals surface area contributed by atoms with E-state index in [1.807, 2.05) is 65.6 Å². The van der Waals surface area contributed by atoms with E-state index >= 15 is 0 Å². The Kier molecular flexibility index (Phi) is 5.91.